The molecule has 0 unspecified atom stereocenters. The number of carbonyl (C=O) groups excluding carboxylic acids is 2. The first kappa shape index (κ1) is 19.9. The number of ether oxygens (including phenoxy) is 2. The number of benzene rings is 3. The summed E-state index contributed by atoms with van der Waals surface area (Å²) in [7, 11) is 0. The van der Waals surface area contributed by atoms with Gasteiger partial charge in [0.25, 0.3) is 0 Å². The van der Waals surface area contributed by atoms with Crippen LogP contribution in [0, 0.1) is 0 Å². The van der Waals surface area contributed by atoms with E-state index in [1.807, 2.05) is 0 Å². The van der Waals surface area contributed by atoms with Crippen LogP contribution in [-0.4, -0.2) is 25.0 Å². The van der Waals surface area contributed by atoms with Crippen LogP contribution in [-0.2, 0) is 4.74 Å². The Hall–Kier alpha value is -2.82. The van der Waals surface area contributed by atoms with Gasteiger partial charge in [-0.15, -0.1) is 0 Å². The quantitative estimate of drug-likeness (QED) is 0.292. The second kappa shape index (κ2) is 9.40. The lowest BCUT2D eigenvalue weighted by Crippen LogP contribution is -2.16. The Balaban J connectivity index is 1.63. The van der Waals surface area contributed by atoms with Crippen LogP contribution in [0.15, 0.2) is 72.8 Å². The molecule has 6 heteroatoms. The van der Waals surface area contributed by atoms with E-state index in [1.54, 1.807) is 72.8 Å². The van der Waals surface area contributed by atoms with Gasteiger partial charge in [0.1, 0.15) is 19.0 Å². The van der Waals surface area contributed by atoms with Gasteiger partial charge in [-0.25, -0.2) is 4.79 Å². The number of esters is 1. The zero-order valence-corrected chi connectivity index (χ0v) is 16.2. The van der Waals surface area contributed by atoms with Crippen molar-refractivity contribution >= 4 is 35.0 Å². The highest BCUT2D eigenvalue weighted by Crippen LogP contribution is 2.18. The highest BCUT2D eigenvalue weighted by atomic mass is 35.5. The molecule has 28 heavy (non-hydrogen) atoms. The third-order valence-corrected chi connectivity index (χ3v) is 4.40. The predicted molar refractivity (Wildman–Crippen MR) is 109 cm³/mol. The molecule has 142 valence electrons. The second-order valence-corrected chi connectivity index (χ2v) is 6.69. The molecule has 0 saturated carbocycles. The van der Waals surface area contributed by atoms with Gasteiger partial charge >= 0.3 is 5.97 Å². The van der Waals surface area contributed by atoms with Gasteiger partial charge in [-0.05, 0) is 54.6 Å². The molecule has 0 spiro atoms. The van der Waals surface area contributed by atoms with E-state index in [2.05, 4.69) is 0 Å². The lowest BCUT2D eigenvalue weighted by atomic mass is 9.98. The van der Waals surface area contributed by atoms with Crippen LogP contribution in [0.25, 0.3) is 0 Å². The summed E-state index contributed by atoms with van der Waals surface area (Å²) in [6, 6.07) is 19.9. The highest BCUT2D eigenvalue weighted by Gasteiger charge is 2.19. The molecule has 0 bridgehead atoms. The summed E-state index contributed by atoms with van der Waals surface area (Å²) in [4.78, 5) is 25.2. The average Bonchev–Trinajstić information content (AvgIpc) is 2.72. The topological polar surface area (TPSA) is 52.6 Å². The maximum atomic E-state index is 12.7. The van der Waals surface area contributed by atoms with Crippen molar-refractivity contribution in [3.8, 4) is 5.75 Å². The molecule has 0 radical (unpaired) electrons. The van der Waals surface area contributed by atoms with Gasteiger partial charge in [0.05, 0.1) is 5.56 Å². The zero-order chi connectivity index (χ0) is 19.9. The molecule has 3 rings (SSSR count). The van der Waals surface area contributed by atoms with Crippen molar-refractivity contribution in [2.75, 3.05) is 13.2 Å². The lowest BCUT2D eigenvalue weighted by molar-refractivity contribution is 0.0448. The first-order valence-corrected chi connectivity index (χ1v) is 9.25. The molecule has 0 saturated heterocycles. The van der Waals surface area contributed by atoms with E-state index in [-0.39, 0.29) is 30.1 Å². The predicted octanol–water partition coefficient (Wildman–Crippen LogP) is 5.46. The largest absolute Gasteiger partial charge is 0.490 e. The molecular formula is C22H16Cl2O4. The molecule has 0 N–H and O–H groups in total. The first-order valence-electron chi connectivity index (χ1n) is 8.49. The minimum Gasteiger partial charge on any atom is -0.490 e. The first-order chi connectivity index (χ1) is 13.5. The van der Waals surface area contributed by atoms with Gasteiger partial charge in [-0.2, -0.15) is 0 Å². The molecule has 0 atom stereocenters. The molecule has 3 aromatic rings. The van der Waals surface area contributed by atoms with Crippen LogP contribution in [0.1, 0.15) is 26.3 Å². The molecule has 4 nitrogen and oxygen atoms in total. The summed E-state index contributed by atoms with van der Waals surface area (Å²) in [5.74, 6) is -0.238. The molecule has 0 aliphatic heterocycles. The smallest absolute Gasteiger partial charge is 0.339 e. The Kier molecular flexibility index (Phi) is 6.69. The van der Waals surface area contributed by atoms with Crippen LogP contribution < -0.4 is 4.74 Å². The fourth-order valence-electron chi connectivity index (χ4n) is 2.52. The number of halogens is 2. The molecule has 0 fully saturated rings. The fourth-order valence-corrected chi connectivity index (χ4v) is 2.77. The van der Waals surface area contributed by atoms with Crippen molar-refractivity contribution in [2.24, 2.45) is 0 Å². The van der Waals surface area contributed by atoms with Crippen molar-refractivity contribution in [3.05, 3.63) is 99.5 Å². The van der Waals surface area contributed by atoms with E-state index >= 15 is 0 Å². The summed E-state index contributed by atoms with van der Waals surface area (Å²) in [6.45, 7) is 0.228. The summed E-state index contributed by atoms with van der Waals surface area (Å²) < 4.78 is 10.7. The van der Waals surface area contributed by atoms with Crippen molar-refractivity contribution in [2.45, 2.75) is 0 Å². The number of carbonyl (C=O) groups is 2. The van der Waals surface area contributed by atoms with Gasteiger partial charge in [-0.3, -0.25) is 4.79 Å². The summed E-state index contributed by atoms with van der Waals surface area (Å²) in [5, 5.41) is 1.14. The fraction of sp³-hybridized carbons (Fsp3) is 0.0909. The van der Waals surface area contributed by atoms with Gasteiger partial charge in [0.15, 0.2) is 5.78 Å². The third-order valence-electron chi connectivity index (χ3n) is 3.90. The van der Waals surface area contributed by atoms with Gasteiger partial charge in [0, 0.05) is 21.2 Å². The van der Waals surface area contributed by atoms with E-state index < -0.39 is 5.97 Å². The van der Waals surface area contributed by atoms with Gasteiger partial charge in [0.2, 0.25) is 0 Å². The Morgan fingerprint density at radius 3 is 1.93 bits per heavy atom. The maximum absolute atomic E-state index is 12.7. The third kappa shape index (κ3) is 5.12. The minimum atomic E-state index is -0.586. The van der Waals surface area contributed by atoms with Crippen LogP contribution in [0.3, 0.4) is 0 Å². The number of hydrogen-bond acceptors (Lipinski definition) is 4. The summed E-state index contributed by atoms with van der Waals surface area (Å²) in [5.41, 5.74) is 0.915. The number of rotatable bonds is 7. The highest BCUT2D eigenvalue weighted by molar-refractivity contribution is 6.31. The minimum absolute atomic E-state index is 0.0466. The Labute approximate surface area is 172 Å². The normalized spacial score (nSPS) is 10.4. The van der Waals surface area contributed by atoms with Crippen LogP contribution in [0.4, 0.5) is 0 Å². The van der Waals surface area contributed by atoms with Crippen LogP contribution in [0.2, 0.25) is 10.0 Å². The van der Waals surface area contributed by atoms with Crippen LogP contribution >= 0.6 is 23.2 Å². The number of ketones is 1. The summed E-state index contributed by atoms with van der Waals surface area (Å²) >= 11 is 11.7. The monoisotopic (exact) mass is 414 g/mol. The van der Waals surface area contributed by atoms with Crippen molar-refractivity contribution in [1.82, 2.24) is 0 Å². The van der Waals surface area contributed by atoms with Gasteiger partial charge in [-0.1, -0.05) is 41.4 Å². The SMILES string of the molecule is O=C(OCCOc1ccc(Cl)cc1)c1ccccc1C(=O)c1ccc(Cl)cc1. The molecular weight excluding hydrogens is 399 g/mol. The molecule has 0 heterocycles. The van der Waals surface area contributed by atoms with E-state index in [9.17, 15) is 9.59 Å². The zero-order valence-electron chi connectivity index (χ0n) is 14.7. The van der Waals surface area contributed by atoms with E-state index in [4.69, 9.17) is 32.7 Å². The van der Waals surface area contributed by atoms with E-state index in [1.165, 1.54) is 0 Å². The molecule has 3 aromatic carbocycles. The van der Waals surface area contributed by atoms with Crippen molar-refractivity contribution < 1.29 is 19.1 Å². The summed E-state index contributed by atoms with van der Waals surface area (Å²) in [6.07, 6.45) is 0. The molecule has 0 amide bonds. The van der Waals surface area contributed by atoms with E-state index in [0.29, 0.717) is 21.4 Å². The molecule has 0 aromatic heterocycles. The van der Waals surface area contributed by atoms with Crippen molar-refractivity contribution in [1.29, 1.82) is 0 Å². The Morgan fingerprint density at radius 1 is 0.714 bits per heavy atom. The van der Waals surface area contributed by atoms with Crippen molar-refractivity contribution in [3.63, 3.8) is 0 Å². The number of hydrogen-bond donors (Lipinski definition) is 0. The van der Waals surface area contributed by atoms with Gasteiger partial charge < -0.3 is 9.47 Å². The Bertz CT molecular complexity index is 967. The molecule has 0 aliphatic carbocycles. The average molecular weight is 415 g/mol. The Morgan fingerprint density at radius 2 is 1.29 bits per heavy atom. The van der Waals surface area contributed by atoms with Crippen LogP contribution in [0.5, 0.6) is 5.75 Å². The lowest BCUT2D eigenvalue weighted by Gasteiger charge is -2.10. The molecule has 0 aliphatic rings. The van der Waals surface area contributed by atoms with E-state index in [0.717, 1.165) is 0 Å². The maximum Gasteiger partial charge on any atom is 0.339 e. The second-order valence-electron chi connectivity index (χ2n) is 5.82. The standard InChI is InChI=1S/C22H16Cl2O4/c23-16-7-5-15(6-8-16)21(25)19-3-1-2-4-20(19)22(26)28-14-13-27-18-11-9-17(24)10-12-18/h1-12H,13-14H2.